The lowest BCUT2D eigenvalue weighted by atomic mass is 10.0. The summed E-state index contributed by atoms with van der Waals surface area (Å²) < 4.78 is 6.50. The number of halogens is 1. The fourth-order valence-electron chi connectivity index (χ4n) is 5.63. The SMILES string of the molecule is COc1nc(N2CCN3CCC2CC3)c(C)cc1Nc1ncc(Br)c(Nc2ccc3nccnc3c2P(C)C)n1. The molecule has 12 heteroatoms. The summed E-state index contributed by atoms with van der Waals surface area (Å²) in [6.45, 7) is 10.9. The van der Waals surface area contributed by atoms with Crippen molar-refractivity contribution < 1.29 is 4.74 Å². The largest absolute Gasteiger partial charge is 0.479 e. The van der Waals surface area contributed by atoms with Crippen LogP contribution in [0.3, 0.4) is 0 Å². The van der Waals surface area contributed by atoms with Gasteiger partial charge in [0, 0.05) is 61.8 Å². The van der Waals surface area contributed by atoms with Crippen LogP contribution in [-0.2, 0) is 0 Å². The van der Waals surface area contributed by atoms with Gasteiger partial charge >= 0.3 is 0 Å². The number of ether oxygens (including phenoxy) is 1. The fraction of sp³-hybridized carbons (Fsp3) is 0.393. The van der Waals surface area contributed by atoms with Crippen molar-refractivity contribution >= 4 is 69.1 Å². The molecule has 3 fully saturated rings. The van der Waals surface area contributed by atoms with E-state index in [0.717, 1.165) is 56.7 Å². The van der Waals surface area contributed by atoms with Crippen LogP contribution in [0.5, 0.6) is 5.88 Å². The van der Waals surface area contributed by atoms with Gasteiger partial charge in [0.15, 0.2) is 0 Å². The molecule has 0 spiro atoms. The number of pyridine rings is 1. The molecule has 0 unspecified atom stereocenters. The standard InChI is InChI=1S/C28H33BrN9OP/c1-17-15-22(27(39-2)36-26(17)38-14-13-37-11-7-18(38)8-12-37)34-28-32-16-19(29)25(35-28)33-21-6-5-20-23(24(21)40(3)4)31-10-9-30-20/h5-6,9-10,15-16,18H,7-8,11-14H2,1-4H3,(H2,32,33,34,35). The highest BCUT2D eigenvalue weighted by molar-refractivity contribution is 9.10. The molecule has 10 nitrogen and oxygen atoms in total. The van der Waals surface area contributed by atoms with Crippen molar-refractivity contribution in [1.29, 1.82) is 0 Å². The number of rotatable bonds is 7. The average molecular weight is 623 g/mol. The minimum absolute atomic E-state index is 0.441. The molecule has 0 amide bonds. The van der Waals surface area contributed by atoms with Crippen LogP contribution in [0.15, 0.2) is 41.3 Å². The molecule has 3 aliphatic heterocycles. The first kappa shape index (κ1) is 27.1. The number of aryl methyl sites for hydroxylation is 1. The third-order valence-electron chi connectivity index (χ3n) is 7.58. The first-order chi connectivity index (χ1) is 19.4. The van der Waals surface area contributed by atoms with Crippen LogP contribution in [0, 0.1) is 6.92 Å². The molecule has 0 radical (unpaired) electrons. The lowest BCUT2D eigenvalue weighted by molar-refractivity contribution is 0.250. The molecule has 3 aliphatic rings. The molecule has 0 saturated carbocycles. The Bertz CT molecular complexity index is 1540. The van der Waals surface area contributed by atoms with Gasteiger partial charge in [0.25, 0.3) is 0 Å². The van der Waals surface area contributed by atoms with E-state index in [-0.39, 0.29) is 0 Å². The quantitative estimate of drug-likeness (QED) is 0.273. The van der Waals surface area contributed by atoms with Gasteiger partial charge < -0.3 is 25.2 Å². The summed E-state index contributed by atoms with van der Waals surface area (Å²) in [5.74, 6) is 2.61. The number of methoxy groups -OCH3 is 1. The third-order valence-corrected chi connectivity index (χ3v) is 9.50. The Kier molecular flexibility index (Phi) is 7.70. The molecule has 4 aromatic rings. The van der Waals surface area contributed by atoms with Crippen molar-refractivity contribution in [3.8, 4) is 5.88 Å². The van der Waals surface area contributed by atoms with E-state index in [1.54, 1.807) is 25.7 Å². The highest BCUT2D eigenvalue weighted by Gasteiger charge is 2.31. The zero-order chi connectivity index (χ0) is 27.8. The topological polar surface area (TPSA) is 104 Å². The number of fused-ring (bicyclic) bond motifs is 5. The summed E-state index contributed by atoms with van der Waals surface area (Å²) >= 11 is 3.62. The lowest BCUT2D eigenvalue weighted by Gasteiger charge is -2.33. The van der Waals surface area contributed by atoms with Crippen LogP contribution in [0.1, 0.15) is 18.4 Å². The van der Waals surface area contributed by atoms with E-state index < -0.39 is 7.92 Å². The third kappa shape index (κ3) is 5.30. The number of nitrogens with one attached hydrogen (secondary N) is 2. The predicted molar refractivity (Wildman–Crippen MR) is 167 cm³/mol. The molecule has 7 rings (SSSR count). The molecule has 1 aromatic carbocycles. The van der Waals surface area contributed by atoms with Gasteiger partial charge in [0.1, 0.15) is 17.3 Å². The number of aromatic nitrogens is 5. The smallest absolute Gasteiger partial charge is 0.239 e. The monoisotopic (exact) mass is 621 g/mol. The van der Waals surface area contributed by atoms with Gasteiger partial charge in [0.2, 0.25) is 11.8 Å². The summed E-state index contributed by atoms with van der Waals surface area (Å²) in [6, 6.07) is 6.63. The second-order valence-electron chi connectivity index (χ2n) is 10.4. The van der Waals surface area contributed by atoms with E-state index in [1.807, 2.05) is 12.1 Å². The second kappa shape index (κ2) is 11.4. The average Bonchev–Trinajstić information content (AvgIpc) is 3.28. The van der Waals surface area contributed by atoms with Crippen molar-refractivity contribution in [2.75, 3.05) is 62.2 Å². The predicted octanol–water partition coefficient (Wildman–Crippen LogP) is 5.03. The van der Waals surface area contributed by atoms with Crippen LogP contribution in [0.2, 0.25) is 0 Å². The first-order valence-electron chi connectivity index (χ1n) is 13.4. The van der Waals surface area contributed by atoms with Crippen LogP contribution >= 0.6 is 23.9 Å². The minimum atomic E-state index is -0.463. The van der Waals surface area contributed by atoms with E-state index in [1.165, 1.54) is 25.9 Å². The van der Waals surface area contributed by atoms with Crippen molar-refractivity contribution in [3.63, 3.8) is 0 Å². The maximum absolute atomic E-state index is 5.75. The maximum atomic E-state index is 5.75. The molecular formula is C28H33BrN9OP. The number of anilines is 5. The van der Waals surface area contributed by atoms with E-state index in [0.29, 0.717) is 23.7 Å². The van der Waals surface area contributed by atoms with Crippen molar-refractivity contribution in [3.05, 3.63) is 46.8 Å². The van der Waals surface area contributed by atoms with Crippen molar-refractivity contribution in [1.82, 2.24) is 29.8 Å². The number of hydrogen-bond acceptors (Lipinski definition) is 10. The van der Waals surface area contributed by atoms with Crippen LogP contribution in [0.25, 0.3) is 11.0 Å². The van der Waals surface area contributed by atoms with Gasteiger partial charge in [-0.15, -0.1) is 0 Å². The van der Waals surface area contributed by atoms with Gasteiger partial charge in [-0.05, 0) is 72.8 Å². The van der Waals surface area contributed by atoms with Gasteiger partial charge in [-0.1, -0.05) is 7.92 Å². The molecule has 3 aromatic heterocycles. The second-order valence-corrected chi connectivity index (χ2v) is 13.5. The Balaban J connectivity index is 1.29. The zero-order valence-electron chi connectivity index (χ0n) is 23.1. The molecule has 6 heterocycles. The Morgan fingerprint density at radius 1 is 0.975 bits per heavy atom. The van der Waals surface area contributed by atoms with E-state index in [2.05, 4.69) is 77.6 Å². The molecule has 0 atom stereocenters. The molecular weight excluding hydrogens is 589 g/mol. The van der Waals surface area contributed by atoms with Gasteiger partial charge in [0.05, 0.1) is 22.6 Å². The van der Waals surface area contributed by atoms with Gasteiger partial charge in [-0.2, -0.15) is 9.97 Å². The number of piperidine rings is 1. The molecule has 208 valence electrons. The van der Waals surface area contributed by atoms with Gasteiger partial charge in [-0.25, -0.2) is 4.98 Å². The van der Waals surface area contributed by atoms with E-state index in [9.17, 15) is 0 Å². The highest BCUT2D eigenvalue weighted by atomic mass is 79.9. The molecule has 3 saturated heterocycles. The number of benzene rings is 1. The summed E-state index contributed by atoms with van der Waals surface area (Å²) in [6.07, 6.45) is 7.55. The normalized spacial score (nSPS) is 18.7. The Morgan fingerprint density at radius 2 is 1.77 bits per heavy atom. The minimum Gasteiger partial charge on any atom is -0.479 e. The zero-order valence-corrected chi connectivity index (χ0v) is 25.6. The van der Waals surface area contributed by atoms with Crippen molar-refractivity contribution in [2.45, 2.75) is 25.8 Å². The molecule has 0 aliphatic carbocycles. The summed E-state index contributed by atoms with van der Waals surface area (Å²) in [5.41, 5.74) is 4.57. The first-order valence-corrected chi connectivity index (χ1v) is 16.5. The molecule has 2 bridgehead atoms. The molecule has 40 heavy (non-hydrogen) atoms. The summed E-state index contributed by atoms with van der Waals surface area (Å²) in [7, 11) is 1.19. The lowest BCUT2D eigenvalue weighted by Crippen LogP contribution is -2.38. The Morgan fingerprint density at radius 3 is 2.55 bits per heavy atom. The summed E-state index contributed by atoms with van der Waals surface area (Å²) in [5, 5.41) is 8.00. The van der Waals surface area contributed by atoms with Gasteiger partial charge in [-0.3, -0.25) is 9.97 Å². The highest BCUT2D eigenvalue weighted by Crippen LogP contribution is 2.36. The van der Waals surface area contributed by atoms with E-state index >= 15 is 0 Å². The van der Waals surface area contributed by atoms with Crippen LogP contribution in [-0.4, -0.2) is 82.5 Å². The number of nitrogens with zero attached hydrogens (tertiary/aromatic N) is 7. The number of hydrogen-bond donors (Lipinski definition) is 2. The maximum Gasteiger partial charge on any atom is 0.239 e. The fourth-order valence-corrected chi connectivity index (χ4v) is 7.13. The summed E-state index contributed by atoms with van der Waals surface area (Å²) in [4.78, 5) is 28.4. The van der Waals surface area contributed by atoms with Crippen LogP contribution < -0.4 is 25.6 Å². The van der Waals surface area contributed by atoms with E-state index in [4.69, 9.17) is 14.7 Å². The Labute approximate surface area is 243 Å². The van der Waals surface area contributed by atoms with Crippen LogP contribution in [0.4, 0.5) is 29.0 Å². The Hall–Kier alpha value is -3.14. The molecule has 2 N–H and O–H groups in total. The van der Waals surface area contributed by atoms with Crippen molar-refractivity contribution in [2.24, 2.45) is 0 Å².